The summed E-state index contributed by atoms with van der Waals surface area (Å²) in [5.74, 6) is -1.26. The molecule has 2 N–H and O–H groups in total. The number of carbonyl (C=O) groups is 1. The minimum atomic E-state index is -1.26. The van der Waals surface area contributed by atoms with E-state index in [-0.39, 0.29) is 11.1 Å². The van der Waals surface area contributed by atoms with Gasteiger partial charge < -0.3 is 10.1 Å². The molecule has 0 spiro atoms. The van der Waals surface area contributed by atoms with Gasteiger partial charge in [-0.05, 0) is 19.4 Å². The Bertz CT molecular complexity index is 494. The summed E-state index contributed by atoms with van der Waals surface area (Å²) in [7, 11) is 0. The van der Waals surface area contributed by atoms with Crippen molar-refractivity contribution in [3.05, 3.63) is 32.7 Å². The molecule has 0 amide bonds. The average molecular weight is 192 g/mol. The number of nitrogens with zero attached hydrogens (tertiary/aromatic N) is 1. The van der Waals surface area contributed by atoms with E-state index < -0.39 is 11.5 Å². The van der Waals surface area contributed by atoms with Crippen LogP contribution < -0.4 is 5.56 Å². The van der Waals surface area contributed by atoms with Crippen molar-refractivity contribution in [3.8, 4) is 6.07 Å². The maximum Gasteiger partial charge on any atom is 0.337 e. The third-order valence-corrected chi connectivity index (χ3v) is 2.04. The Kier molecular flexibility index (Phi) is 2.38. The number of carboxylic acid groups (broad SMARTS) is 1. The van der Waals surface area contributed by atoms with Gasteiger partial charge in [-0.1, -0.05) is 0 Å². The van der Waals surface area contributed by atoms with Crippen LogP contribution in [0, 0.1) is 25.2 Å². The SMILES string of the molecule is Cc1[nH]c(=O)c(C#N)c(C(=O)O)c1C. The van der Waals surface area contributed by atoms with Crippen LogP contribution in [0.5, 0.6) is 0 Å². The molecule has 0 unspecified atom stereocenters. The van der Waals surface area contributed by atoms with E-state index in [0.717, 1.165) is 0 Å². The van der Waals surface area contributed by atoms with Gasteiger partial charge in [-0.25, -0.2) is 4.79 Å². The zero-order chi connectivity index (χ0) is 10.9. The summed E-state index contributed by atoms with van der Waals surface area (Å²) in [5.41, 5.74) is -0.345. The minimum Gasteiger partial charge on any atom is -0.478 e. The first-order valence-electron chi connectivity index (χ1n) is 3.86. The summed E-state index contributed by atoms with van der Waals surface area (Å²) in [5, 5.41) is 17.5. The van der Waals surface area contributed by atoms with Crippen LogP contribution in [0.2, 0.25) is 0 Å². The Labute approximate surface area is 79.6 Å². The number of pyridine rings is 1. The number of hydrogen-bond donors (Lipinski definition) is 2. The molecule has 0 aliphatic carbocycles. The van der Waals surface area contributed by atoms with Crippen LogP contribution in [-0.2, 0) is 0 Å². The molecule has 72 valence electrons. The second kappa shape index (κ2) is 3.34. The number of aromatic amines is 1. The highest BCUT2D eigenvalue weighted by atomic mass is 16.4. The maximum absolute atomic E-state index is 11.2. The number of rotatable bonds is 1. The van der Waals surface area contributed by atoms with Crippen molar-refractivity contribution in [3.63, 3.8) is 0 Å². The second-order valence-electron chi connectivity index (χ2n) is 2.87. The van der Waals surface area contributed by atoms with Gasteiger partial charge in [-0.3, -0.25) is 4.79 Å². The Morgan fingerprint density at radius 1 is 1.50 bits per heavy atom. The van der Waals surface area contributed by atoms with Gasteiger partial charge in [0.05, 0.1) is 5.56 Å². The molecule has 0 aliphatic rings. The van der Waals surface area contributed by atoms with E-state index in [9.17, 15) is 9.59 Å². The maximum atomic E-state index is 11.2. The number of H-pyrrole nitrogens is 1. The second-order valence-corrected chi connectivity index (χ2v) is 2.87. The molecule has 1 aromatic rings. The standard InChI is InChI=1S/C9H8N2O3/c1-4-5(2)11-8(12)6(3-10)7(4)9(13)14/h1-2H3,(H,11,12)(H,13,14). The molecule has 0 fully saturated rings. The molecule has 0 atom stereocenters. The fraction of sp³-hybridized carbons (Fsp3) is 0.222. The van der Waals surface area contributed by atoms with E-state index in [1.165, 1.54) is 0 Å². The molecule has 5 nitrogen and oxygen atoms in total. The van der Waals surface area contributed by atoms with E-state index in [4.69, 9.17) is 10.4 Å². The van der Waals surface area contributed by atoms with E-state index in [2.05, 4.69) is 4.98 Å². The summed E-state index contributed by atoms with van der Waals surface area (Å²) in [6, 6.07) is 1.59. The number of aromatic nitrogens is 1. The number of hydrogen-bond acceptors (Lipinski definition) is 3. The van der Waals surface area contributed by atoms with Gasteiger partial charge in [0.1, 0.15) is 11.6 Å². The van der Waals surface area contributed by atoms with Gasteiger partial charge in [0.25, 0.3) is 5.56 Å². The quantitative estimate of drug-likeness (QED) is 0.679. The molecule has 5 heteroatoms. The zero-order valence-electron chi connectivity index (χ0n) is 7.71. The molecule has 1 heterocycles. The van der Waals surface area contributed by atoms with Crippen LogP contribution in [0.3, 0.4) is 0 Å². The zero-order valence-corrected chi connectivity index (χ0v) is 7.71. The van der Waals surface area contributed by atoms with Crippen LogP contribution in [0.25, 0.3) is 0 Å². The van der Waals surface area contributed by atoms with Gasteiger partial charge >= 0.3 is 5.97 Å². The van der Waals surface area contributed by atoms with Crippen LogP contribution in [0.1, 0.15) is 27.2 Å². The first kappa shape index (κ1) is 9.99. The van der Waals surface area contributed by atoms with Crippen LogP contribution >= 0.6 is 0 Å². The Balaban J connectivity index is 3.77. The van der Waals surface area contributed by atoms with Gasteiger partial charge in [-0.15, -0.1) is 0 Å². The van der Waals surface area contributed by atoms with Crippen molar-refractivity contribution in [1.29, 1.82) is 5.26 Å². The lowest BCUT2D eigenvalue weighted by molar-refractivity contribution is 0.0695. The fourth-order valence-corrected chi connectivity index (χ4v) is 1.19. The van der Waals surface area contributed by atoms with Crippen molar-refractivity contribution >= 4 is 5.97 Å². The highest BCUT2D eigenvalue weighted by Gasteiger charge is 2.18. The highest BCUT2D eigenvalue weighted by Crippen LogP contribution is 2.11. The molecule has 1 aromatic heterocycles. The molecule has 0 saturated heterocycles. The monoisotopic (exact) mass is 192 g/mol. The third-order valence-electron chi connectivity index (χ3n) is 2.04. The Hall–Kier alpha value is -2.09. The van der Waals surface area contributed by atoms with Gasteiger partial charge in [-0.2, -0.15) is 5.26 Å². The number of carboxylic acids is 1. The third kappa shape index (κ3) is 1.38. The Morgan fingerprint density at radius 2 is 2.07 bits per heavy atom. The lowest BCUT2D eigenvalue weighted by atomic mass is 10.0. The molecule has 0 radical (unpaired) electrons. The normalized spacial score (nSPS) is 9.50. The van der Waals surface area contributed by atoms with E-state index in [0.29, 0.717) is 11.3 Å². The summed E-state index contributed by atoms with van der Waals surface area (Å²) < 4.78 is 0. The van der Waals surface area contributed by atoms with Crippen molar-refractivity contribution in [2.75, 3.05) is 0 Å². The van der Waals surface area contributed by atoms with Crippen molar-refractivity contribution in [2.24, 2.45) is 0 Å². The van der Waals surface area contributed by atoms with Gasteiger partial charge in [0.2, 0.25) is 0 Å². The molecule has 1 rings (SSSR count). The lowest BCUT2D eigenvalue weighted by Gasteiger charge is -2.05. The van der Waals surface area contributed by atoms with Crippen LogP contribution in [0.4, 0.5) is 0 Å². The molecule has 0 aromatic carbocycles. The Morgan fingerprint density at radius 3 is 2.50 bits per heavy atom. The molecule has 14 heavy (non-hydrogen) atoms. The molecule has 0 saturated carbocycles. The fourth-order valence-electron chi connectivity index (χ4n) is 1.19. The highest BCUT2D eigenvalue weighted by molar-refractivity contribution is 5.92. The van der Waals surface area contributed by atoms with Crippen LogP contribution in [0.15, 0.2) is 4.79 Å². The van der Waals surface area contributed by atoms with E-state index in [1.54, 1.807) is 19.9 Å². The lowest BCUT2D eigenvalue weighted by Crippen LogP contribution is -2.19. The summed E-state index contributed by atoms with van der Waals surface area (Å²) >= 11 is 0. The first-order chi connectivity index (χ1) is 6.49. The number of nitriles is 1. The number of aromatic carboxylic acids is 1. The van der Waals surface area contributed by atoms with Crippen molar-refractivity contribution in [2.45, 2.75) is 13.8 Å². The van der Waals surface area contributed by atoms with E-state index >= 15 is 0 Å². The van der Waals surface area contributed by atoms with Gasteiger partial charge in [0, 0.05) is 5.69 Å². The van der Waals surface area contributed by atoms with E-state index in [1.807, 2.05) is 0 Å². The predicted molar refractivity (Wildman–Crippen MR) is 48.2 cm³/mol. The first-order valence-corrected chi connectivity index (χ1v) is 3.86. The van der Waals surface area contributed by atoms with Crippen molar-refractivity contribution < 1.29 is 9.90 Å². The molecular weight excluding hydrogens is 184 g/mol. The summed E-state index contributed by atoms with van der Waals surface area (Å²) in [4.78, 5) is 24.4. The summed E-state index contributed by atoms with van der Waals surface area (Å²) in [6.45, 7) is 3.14. The van der Waals surface area contributed by atoms with Gasteiger partial charge in [0.15, 0.2) is 0 Å². The molecule has 0 bridgehead atoms. The minimum absolute atomic E-state index is 0.214. The molecule has 0 aliphatic heterocycles. The average Bonchev–Trinajstić information content (AvgIpc) is 2.10. The number of aryl methyl sites for hydroxylation is 1. The van der Waals surface area contributed by atoms with Crippen molar-refractivity contribution in [1.82, 2.24) is 4.98 Å². The smallest absolute Gasteiger partial charge is 0.337 e. The number of nitrogens with one attached hydrogen (secondary N) is 1. The van der Waals surface area contributed by atoms with Crippen LogP contribution in [-0.4, -0.2) is 16.1 Å². The predicted octanol–water partition coefficient (Wildman–Crippen LogP) is 0.562. The molecular formula is C9H8N2O3. The summed E-state index contributed by atoms with van der Waals surface area (Å²) in [6.07, 6.45) is 0. The largest absolute Gasteiger partial charge is 0.478 e. The topological polar surface area (TPSA) is 94.0 Å².